The summed E-state index contributed by atoms with van der Waals surface area (Å²) in [5, 5.41) is 8.49. The van der Waals surface area contributed by atoms with Gasteiger partial charge in [0.15, 0.2) is 0 Å². The average Bonchev–Trinajstić information content (AvgIpc) is 3.34. The van der Waals surface area contributed by atoms with Crippen molar-refractivity contribution in [2.24, 2.45) is 0 Å². The normalized spacial score (nSPS) is 12.5. The number of hydrogen-bond acceptors (Lipinski definition) is 4. The fourth-order valence-corrected chi connectivity index (χ4v) is 3.21. The Hall–Kier alpha value is -3.75. The molecule has 36 heavy (non-hydrogen) atoms. The molecular weight excluding hydrogens is 473 g/mol. The van der Waals surface area contributed by atoms with Crippen LogP contribution in [0.2, 0.25) is 0 Å². The fourth-order valence-electron chi connectivity index (χ4n) is 3.21. The van der Waals surface area contributed by atoms with Crippen LogP contribution in [-0.4, -0.2) is 26.8 Å². The Balaban J connectivity index is 0.00000106. The Bertz CT molecular complexity index is 1280. The predicted octanol–water partition coefficient (Wildman–Crippen LogP) is 7.44. The molecule has 2 aromatic heterocycles. The van der Waals surface area contributed by atoms with E-state index in [1.54, 1.807) is 19.9 Å². The van der Waals surface area contributed by atoms with Gasteiger partial charge in [0.25, 0.3) is 5.97 Å². The van der Waals surface area contributed by atoms with Crippen molar-refractivity contribution in [3.8, 4) is 5.75 Å². The second kappa shape index (κ2) is 11.3. The largest absolute Gasteiger partial charge is 0.487 e. The van der Waals surface area contributed by atoms with Crippen LogP contribution in [0, 0.1) is 6.92 Å². The Morgan fingerprint density at radius 3 is 2.42 bits per heavy atom. The molecule has 6 nitrogen and oxygen atoms in total. The second-order valence-corrected chi connectivity index (χ2v) is 9.01. The first-order valence-electron chi connectivity index (χ1n) is 11.1. The van der Waals surface area contributed by atoms with E-state index >= 15 is 0 Å². The van der Waals surface area contributed by atoms with Crippen LogP contribution in [0.4, 0.5) is 13.2 Å². The molecule has 9 heteroatoms. The van der Waals surface area contributed by atoms with Crippen molar-refractivity contribution in [2.75, 3.05) is 0 Å². The van der Waals surface area contributed by atoms with E-state index in [1.165, 1.54) is 6.08 Å². The Morgan fingerprint density at radius 2 is 1.86 bits per heavy atom. The number of carboxylic acid groups (broad SMARTS) is 1. The number of benzene rings is 1. The first kappa shape index (κ1) is 28.5. The number of aliphatic carboxylic acids is 1. The maximum Gasteiger partial charge on any atom is 0.415 e. The van der Waals surface area contributed by atoms with Crippen molar-refractivity contribution >= 4 is 22.4 Å². The molecule has 0 saturated carbocycles. The molecule has 3 rings (SSSR count). The maximum atomic E-state index is 12.7. The minimum Gasteiger partial charge on any atom is -0.487 e. The average molecular weight is 505 g/mol. The van der Waals surface area contributed by atoms with E-state index in [2.05, 4.69) is 43.1 Å². The van der Waals surface area contributed by atoms with Crippen LogP contribution in [0.5, 0.6) is 5.75 Å². The maximum absolute atomic E-state index is 12.7. The number of halogens is 3. The monoisotopic (exact) mass is 504 g/mol. The molecule has 0 unspecified atom stereocenters. The zero-order chi connectivity index (χ0) is 27.3. The van der Waals surface area contributed by atoms with Crippen LogP contribution in [0.15, 0.2) is 65.3 Å². The number of hydrogen-bond donors (Lipinski definition) is 1. The minimum atomic E-state index is -4.48. The van der Waals surface area contributed by atoms with E-state index in [0.29, 0.717) is 22.8 Å². The van der Waals surface area contributed by atoms with Crippen LogP contribution >= 0.6 is 0 Å². The van der Waals surface area contributed by atoms with Crippen molar-refractivity contribution in [3.63, 3.8) is 0 Å². The molecule has 0 radical (unpaired) electrons. The Kier molecular flexibility index (Phi) is 8.96. The lowest BCUT2D eigenvalue weighted by Gasteiger charge is -2.22. The molecule has 3 aromatic rings. The predicted molar refractivity (Wildman–Crippen MR) is 134 cm³/mol. The number of nitrogens with zero attached hydrogens (tertiary/aromatic N) is 2. The lowest BCUT2D eigenvalue weighted by atomic mass is 10.1. The number of carboxylic acids is 1. The number of allylic oxidation sites excluding steroid dienone is 5. The van der Waals surface area contributed by atoms with E-state index in [-0.39, 0.29) is 18.0 Å². The standard InChI is InChI=1S/C25H27F3N2O2.C2H4O2/c1-7-18(9-8-16(2)25(26,27)28)23-29-21(17(3)32-23)15-31-20-10-11-22-19(14-20)12-13-30(22)24(4,5)6;1-2(3)4/h7-14H,2,15H2,1,3-6H3;1H3,(H,3,4)/b9-8-,18-7+;. The molecule has 0 aliphatic carbocycles. The molecule has 1 N–H and O–H groups in total. The molecule has 0 aliphatic heterocycles. The van der Waals surface area contributed by atoms with Gasteiger partial charge in [-0.2, -0.15) is 13.2 Å². The van der Waals surface area contributed by atoms with E-state index in [1.807, 2.05) is 24.3 Å². The number of ether oxygens (including phenoxy) is 1. The minimum absolute atomic E-state index is 0.0240. The molecule has 0 saturated heterocycles. The van der Waals surface area contributed by atoms with Gasteiger partial charge in [-0.25, -0.2) is 4.98 Å². The van der Waals surface area contributed by atoms with Crippen molar-refractivity contribution in [1.82, 2.24) is 9.55 Å². The summed E-state index contributed by atoms with van der Waals surface area (Å²) in [6.45, 7) is 14.2. The van der Waals surface area contributed by atoms with Gasteiger partial charge in [-0.3, -0.25) is 4.79 Å². The van der Waals surface area contributed by atoms with Gasteiger partial charge in [0.1, 0.15) is 23.8 Å². The highest BCUT2D eigenvalue weighted by Gasteiger charge is 2.29. The summed E-state index contributed by atoms with van der Waals surface area (Å²) >= 11 is 0. The lowest BCUT2D eigenvalue weighted by Crippen LogP contribution is -2.20. The summed E-state index contributed by atoms with van der Waals surface area (Å²) in [7, 11) is 0. The summed E-state index contributed by atoms with van der Waals surface area (Å²) in [6, 6.07) is 7.94. The summed E-state index contributed by atoms with van der Waals surface area (Å²) in [4.78, 5) is 13.4. The van der Waals surface area contributed by atoms with Crippen LogP contribution in [0.25, 0.3) is 16.5 Å². The number of aryl methyl sites for hydroxylation is 1. The number of aromatic nitrogens is 2. The highest BCUT2D eigenvalue weighted by atomic mass is 19.4. The fraction of sp³-hybridized carbons (Fsp3) is 0.333. The number of carbonyl (C=O) groups is 1. The highest BCUT2D eigenvalue weighted by molar-refractivity contribution is 5.82. The molecule has 0 spiro atoms. The third-order valence-electron chi connectivity index (χ3n) is 5.04. The van der Waals surface area contributed by atoms with Gasteiger partial charge >= 0.3 is 6.18 Å². The zero-order valence-corrected chi connectivity index (χ0v) is 21.2. The first-order valence-corrected chi connectivity index (χ1v) is 11.1. The zero-order valence-electron chi connectivity index (χ0n) is 21.2. The van der Waals surface area contributed by atoms with Crippen molar-refractivity contribution in [3.05, 3.63) is 78.2 Å². The molecule has 1 aromatic carbocycles. The lowest BCUT2D eigenvalue weighted by molar-refractivity contribution is -0.134. The number of rotatable bonds is 6. The highest BCUT2D eigenvalue weighted by Crippen LogP contribution is 2.29. The molecule has 0 atom stereocenters. The Morgan fingerprint density at radius 1 is 1.22 bits per heavy atom. The van der Waals surface area contributed by atoms with E-state index in [9.17, 15) is 13.2 Å². The van der Waals surface area contributed by atoms with E-state index in [0.717, 1.165) is 23.9 Å². The SMILES string of the molecule is C=C(/C=C\C(=C/C)c1nc(COc2ccc3c(ccn3C(C)(C)C)c2)c(C)o1)C(F)(F)F.CC(=O)O. The van der Waals surface area contributed by atoms with Crippen LogP contribution in [0.1, 0.15) is 52.0 Å². The molecule has 0 amide bonds. The van der Waals surface area contributed by atoms with Crippen LogP contribution in [-0.2, 0) is 16.9 Å². The van der Waals surface area contributed by atoms with Gasteiger partial charge in [0.05, 0.1) is 0 Å². The molecule has 194 valence electrons. The smallest absolute Gasteiger partial charge is 0.415 e. The van der Waals surface area contributed by atoms with Gasteiger partial charge in [0, 0.05) is 40.7 Å². The number of fused-ring (bicyclic) bond motifs is 1. The van der Waals surface area contributed by atoms with E-state index in [4.69, 9.17) is 19.1 Å². The van der Waals surface area contributed by atoms with Crippen molar-refractivity contribution in [1.29, 1.82) is 0 Å². The summed E-state index contributed by atoms with van der Waals surface area (Å²) < 4.78 is 51.8. The molecule has 0 fully saturated rings. The third-order valence-corrected chi connectivity index (χ3v) is 5.04. The van der Waals surface area contributed by atoms with Gasteiger partial charge in [-0.15, -0.1) is 0 Å². The third kappa shape index (κ3) is 7.63. The van der Waals surface area contributed by atoms with Crippen molar-refractivity contribution in [2.45, 2.75) is 59.9 Å². The van der Waals surface area contributed by atoms with Crippen LogP contribution in [0.3, 0.4) is 0 Å². The summed E-state index contributed by atoms with van der Waals surface area (Å²) in [5.41, 5.74) is 1.16. The second-order valence-electron chi connectivity index (χ2n) is 9.01. The summed E-state index contributed by atoms with van der Waals surface area (Å²) in [5.74, 6) is 0.635. The number of oxazole rings is 1. The first-order chi connectivity index (χ1) is 16.6. The molecule has 2 heterocycles. The molecular formula is C27H31F3N2O4. The Labute approximate surface area is 208 Å². The number of alkyl halides is 3. The summed E-state index contributed by atoms with van der Waals surface area (Å²) in [6.07, 6.45) is 1.41. The van der Waals surface area contributed by atoms with Gasteiger partial charge in [0.2, 0.25) is 5.89 Å². The van der Waals surface area contributed by atoms with Crippen molar-refractivity contribution < 1.29 is 32.2 Å². The van der Waals surface area contributed by atoms with Gasteiger partial charge in [-0.1, -0.05) is 12.7 Å². The van der Waals surface area contributed by atoms with E-state index < -0.39 is 17.7 Å². The van der Waals surface area contributed by atoms with Gasteiger partial charge in [-0.05, 0) is 71.0 Å². The van der Waals surface area contributed by atoms with Gasteiger partial charge < -0.3 is 18.8 Å². The molecule has 0 aliphatic rings. The quantitative estimate of drug-likeness (QED) is 0.353. The van der Waals surface area contributed by atoms with Crippen LogP contribution < -0.4 is 4.74 Å². The topological polar surface area (TPSA) is 77.5 Å². The molecule has 0 bridgehead atoms.